The predicted octanol–water partition coefficient (Wildman–Crippen LogP) is 1.23. The molecule has 2 aromatic heterocycles. The summed E-state index contributed by atoms with van der Waals surface area (Å²) in [5, 5.41) is 5.29. The average molecular weight is 218 g/mol. The number of nitrogens with one attached hydrogen (secondary N) is 1. The first-order chi connectivity index (χ1) is 7.90. The van der Waals surface area contributed by atoms with E-state index in [2.05, 4.69) is 20.5 Å². The van der Waals surface area contributed by atoms with Crippen molar-refractivity contribution < 1.29 is 0 Å². The van der Waals surface area contributed by atoms with Crippen molar-refractivity contribution in [3.8, 4) is 0 Å². The summed E-state index contributed by atoms with van der Waals surface area (Å²) < 4.78 is 2.00. The van der Waals surface area contributed by atoms with Crippen LogP contribution in [0.5, 0.6) is 0 Å². The fraction of sp³-hybridized carbons (Fsp3) is 0.500. The van der Waals surface area contributed by atoms with Crippen LogP contribution in [0.15, 0.2) is 12.5 Å². The Balaban J connectivity index is 2.12. The zero-order valence-corrected chi connectivity index (χ0v) is 8.93. The third-order valence-electron chi connectivity index (χ3n) is 3.20. The Labute approximate surface area is 92.8 Å². The molecule has 2 aromatic rings. The lowest BCUT2D eigenvalue weighted by Gasteiger charge is -2.10. The quantitative estimate of drug-likeness (QED) is 0.585. The van der Waals surface area contributed by atoms with Gasteiger partial charge in [-0.1, -0.05) is 12.8 Å². The van der Waals surface area contributed by atoms with Crippen LogP contribution in [0, 0.1) is 0 Å². The van der Waals surface area contributed by atoms with E-state index in [1.165, 1.54) is 32.0 Å². The van der Waals surface area contributed by atoms with Gasteiger partial charge in [0.2, 0.25) is 0 Å². The van der Waals surface area contributed by atoms with Crippen molar-refractivity contribution in [2.45, 2.75) is 31.7 Å². The lowest BCUT2D eigenvalue weighted by Crippen LogP contribution is -2.10. The van der Waals surface area contributed by atoms with Crippen molar-refractivity contribution in [2.24, 2.45) is 5.84 Å². The number of fused-ring (bicyclic) bond motifs is 1. The van der Waals surface area contributed by atoms with Crippen LogP contribution < -0.4 is 11.3 Å². The number of aromatic nitrogens is 4. The van der Waals surface area contributed by atoms with Gasteiger partial charge in [-0.3, -0.25) is 0 Å². The molecule has 3 rings (SSSR count). The normalized spacial score (nSPS) is 17.1. The molecule has 3 N–H and O–H groups in total. The summed E-state index contributed by atoms with van der Waals surface area (Å²) in [6.45, 7) is 0. The summed E-state index contributed by atoms with van der Waals surface area (Å²) in [7, 11) is 0. The summed E-state index contributed by atoms with van der Waals surface area (Å²) in [5.41, 5.74) is 3.44. The van der Waals surface area contributed by atoms with Crippen molar-refractivity contribution in [3.05, 3.63) is 12.5 Å². The minimum absolute atomic E-state index is 0.484. The molecule has 1 aliphatic carbocycles. The third-order valence-corrected chi connectivity index (χ3v) is 3.20. The lowest BCUT2D eigenvalue weighted by atomic mass is 10.2. The number of nitrogens with zero attached hydrogens (tertiary/aromatic N) is 4. The molecule has 0 aromatic carbocycles. The molecule has 84 valence electrons. The molecular formula is C10H14N6. The highest BCUT2D eigenvalue weighted by molar-refractivity contribution is 5.85. The van der Waals surface area contributed by atoms with Gasteiger partial charge in [0.15, 0.2) is 11.5 Å². The van der Waals surface area contributed by atoms with E-state index in [0.717, 1.165) is 11.0 Å². The Bertz CT molecular complexity index is 499. The van der Waals surface area contributed by atoms with Gasteiger partial charge in [0.1, 0.15) is 6.33 Å². The van der Waals surface area contributed by atoms with Gasteiger partial charge in [-0.15, -0.1) is 0 Å². The van der Waals surface area contributed by atoms with E-state index in [0.29, 0.717) is 11.9 Å². The van der Waals surface area contributed by atoms with Gasteiger partial charge in [0.05, 0.1) is 17.6 Å². The molecule has 0 saturated heterocycles. The molecule has 0 atom stereocenters. The predicted molar refractivity (Wildman–Crippen MR) is 60.6 cm³/mol. The van der Waals surface area contributed by atoms with Crippen LogP contribution >= 0.6 is 0 Å². The van der Waals surface area contributed by atoms with Crippen LogP contribution in [-0.4, -0.2) is 19.7 Å². The van der Waals surface area contributed by atoms with Gasteiger partial charge in [-0.2, -0.15) is 5.10 Å². The number of hydrogen-bond donors (Lipinski definition) is 2. The molecule has 0 aliphatic heterocycles. The van der Waals surface area contributed by atoms with Gasteiger partial charge in [-0.25, -0.2) is 20.5 Å². The van der Waals surface area contributed by atoms with Gasteiger partial charge < -0.3 is 5.43 Å². The van der Waals surface area contributed by atoms with Crippen LogP contribution in [-0.2, 0) is 0 Å². The Morgan fingerprint density at radius 1 is 1.31 bits per heavy atom. The van der Waals surface area contributed by atoms with Crippen molar-refractivity contribution in [2.75, 3.05) is 5.43 Å². The van der Waals surface area contributed by atoms with Crippen molar-refractivity contribution in [3.63, 3.8) is 0 Å². The van der Waals surface area contributed by atoms with E-state index in [1.54, 1.807) is 6.20 Å². The Morgan fingerprint density at radius 2 is 2.12 bits per heavy atom. The Morgan fingerprint density at radius 3 is 2.88 bits per heavy atom. The highest BCUT2D eigenvalue weighted by atomic mass is 15.3. The van der Waals surface area contributed by atoms with E-state index in [1.807, 2.05) is 4.68 Å². The maximum absolute atomic E-state index is 5.40. The molecule has 0 spiro atoms. The highest BCUT2D eigenvalue weighted by Gasteiger charge is 2.20. The molecule has 6 heteroatoms. The number of hydrazine groups is 1. The fourth-order valence-corrected chi connectivity index (χ4v) is 2.39. The first-order valence-electron chi connectivity index (χ1n) is 5.55. The number of rotatable bonds is 2. The number of nitrogens with two attached hydrogens (primary N) is 1. The molecule has 0 amide bonds. The van der Waals surface area contributed by atoms with Crippen LogP contribution in [0.25, 0.3) is 11.0 Å². The van der Waals surface area contributed by atoms with Crippen LogP contribution in [0.2, 0.25) is 0 Å². The highest BCUT2D eigenvalue weighted by Crippen LogP contribution is 2.31. The maximum atomic E-state index is 5.40. The number of nitrogen functional groups attached to an aromatic ring is 1. The van der Waals surface area contributed by atoms with Gasteiger partial charge >= 0.3 is 0 Å². The molecule has 1 saturated carbocycles. The second kappa shape index (κ2) is 3.71. The summed E-state index contributed by atoms with van der Waals surface area (Å²) in [6.07, 6.45) is 8.23. The summed E-state index contributed by atoms with van der Waals surface area (Å²) in [5.74, 6) is 6.03. The first-order valence-corrected chi connectivity index (χ1v) is 5.55. The zero-order chi connectivity index (χ0) is 11.0. The molecule has 2 heterocycles. The largest absolute Gasteiger partial charge is 0.308 e. The molecule has 0 unspecified atom stereocenters. The smallest absolute Gasteiger partial charge is 0.163 e. The van der Waals surface area contributed by atoms with E-state index in [4.69, 9.17) is 5.84 Å². The third kappa shape index (κ3) is 1.34. The summed E-state index contributed by atoms with van der Waals surface area (Å²) in [6, 6.07) is 0.484. The standard InChI is InChI=1S/C10H14N6/c11-15-9-8-5-14-16(7-3-1-2-4-7)10(8)13-6-12-9/h5-7H,1-4,11H2,(H,12,13,15). The molecule has 16 heavy (non-hydrogen) atoms. The number of hydrogen-bond acceptors (Lipinski definition) is 5. The van der Waals surface area contributed by atoms with Crippen molar-refractivity contribution in [1.29, 1.82) is 0 Å². The van der Waals surface area contributed by atoms with Crippen molar-refractivity contribution in [1.82, 2.24) is 19.7 Å². The van der Waals surface area contributed by atoms with E-state index >= 15 is 0 Å². The zero-order valence-electron chi connectivity index (χ0n) is 8.93. The van der Waals surface area contributed by atoms with Crippen LogP contribution in [0.4, 0.5) is 5.82 Å². The first kappa shape index (κ1) is 9.53. The van der Waals surface area contributed by atoms with Gasteiger partial charge in [0, 0.05) is 0 Å². The average Bonchev–Trinajstić information content (AvgIpc) is 2.96. The van der Waals surface area contributed by atoms with Crippen molar-refractivity contribution >= 4 is 16.9 Å². The SMILES string of the molecule is NNc1ncnc2c1cnn2C1CCCC1. The lowest BCUT2D eigenvalue weighted by molar-refractivity contribution is 0.478. The second-order valence-corrected chi connectivity index (χ2v) is 4.13. The van der Waals surface area contributed by atoms with E-state index in [-0.39, 0.29) is 0 Å². The van der Waals surface area contributed by atoms with Gasteiger partial charge in [0.25, 0.3) is 0 Å². The topological polar surface area (TPSA) is 81.7 Å². The summed E-state index contributed by atoms with van der Waals surface area (Å²) >= 11 is 0. The molecule has 0 radical (unpaired) electrons. The molecule has 1 aliphatic rings. The Hall–Kier alpha value is -1.69. The molecule has 0 bridgehead atoms. The number of anilines is 1. The minimum atomic E-state index is 0.484. The summed E-state index contributed by atoms with van der Waals surface area (Å²) in [4.78, 5) is 8.35. The van der Waals surface area contributed by atoms with Gasteiger partial charge in [-0.05, 0) is 12.8 Å². The van der Waals surface area contributed by atoms with Crippen LogP contribution in [0.3, 0.4) is 0 Å². The molecular weight excluding hydrogens is 204 g/mol. The van der Waals surface area contributed by atoms with E-state index < -0.39 is 0 Å². The Kier molecular flexibility index (Phi) is 2.21. The monoisotopic (exact) mass is 218 g/mol. The molecule has 1 fully saturated rings. The van der Waals surface area contributed by atoms with E-state index in [9.17, 15) is 0 Å². The van der Waals surface area contributed by atoms with Crippen LogP contribution in [0.1, 0.15) is 31.7 Å². The second-order valence-electron chi connectivity index (χ2n) is 4.13. The fourth-order valence-electron chi connectivity index (χ4n) is 2.39. The molecule has 6 nitrogen and oxygen atoms in total. The maximum Gasteiger partial charge on any atom is 0.163 e. The minimum Gasteiger partial charge on any atom is -0.308 e.